The first-order chi connectivity index (χ1) is 6.66. The van der Waals surface area contributed by atoms with Gasteiger partial charge in [0.05, 0.1) is 12.2 Å². The van der Waals surface area contributed by atoms with E-state index in [1.165, 1.54) is 0 Å². The maximum Gasteiger partial charge on any atom is 0.250 e. The van der Waals surface area contributed by atoms with E-state index in [-0.39, 0.29) is 11.3 Å². The molecule has 14 heavy (non-hydrogen) atoms. The highest BCUT2D eigenvalue weighted by molar-refractivity contribution is 5.98. The quantitative estimate of drug-likeness (QED) is 0.481. The van der Waals surface area contributed by atoms with Crippen LogP contribution in [0.25, 0.3) is 5.76 Å². The molecule has 4 N–H and O–H groups in total. The second-order valence-corrected chi connectivity index (χ2v) is 2.72. The molecule has 1 rings (SSSR count). The Hall–Kier alpha value is -1.81. The number of primary amides is 1. The molecule has 0 saturated heterocycles. The van der Waals surface area contributed by atoms with Crippen LogP contribution in [0, 0.1) is 0 Å². The predicted molar refractivity (Wildman–Crippen MR) is 52.3 cm³/mol. The van der Waals surface area contributed by atoms with E-state index in [9.17, 15) is 9.90 Å². The molecular weight excluding hydrogens is 182 g/mol. The van der Waals surface area contributed by atoms with E-state index < -0.39 is 12.5 Å². The van der Waals surface area contributed by atoms with Gasteiger partial charge in [-0.1, -0.05) is 30.3 Å². The van der Waals surface area contributed by atoms with Crippen LogP contribution in [0.1, 0.15) is 5.56 Å². The first kappa shape index (κ1) is 10.3. The van der Waals surface area contributed by atoms with Gasteiger partial charge < -0.3 is 15.9 Å². The molecule has 74 valence electrons. The molecule has 4 heteroatoms. The van der Waals surface area contributed by atoms with E-state index >= 15 is 0 Å². The van der Waals surface area contributed by atoms with Crippen LogP contribution in [0.3, 0.4) is 0 Å². The second-order valence-electron chi connectivity index (χ2n) is 2.72. The Balaban J connectivity index is 3.15. The highest BCUT2D eigenvalue weighted by Gasteiger charge is 2.11. The Morgan fingerprint density at radius 2 is 1.86 bits per heavy atom. The van der Waals surface area contributed by atoms with Crippen molar-refractivity contribution in [2.45, 2.75) is 0 Å². The molecule has 0 aromatic heterocycles. The Bertz CT molecular complexity index is 357. The number of benzene rings is 1. The van der Waals surface area contributed by atoms with E-state index in [1.807, 2.05) is 0 Å². The monoisotopic (exact) mass is 193 g/mol. The first-order valence-electron chi connectivity index (χ1n) is 4.05. The number of aliphatic hydroxyl groups excluding tert-OH is 2. The zero-order valence-corrected chi connectivity index (χ0v) is 7.47. The lowest BCUT2D eigenvalue weighted by Gasteiger charge is -2.04. The smallest absolute Gasteiger partial charge is 0.250 e. The highest BCUT2D eigenvalue weighted by Crippen LogP contribution is 2.14. The lowest BCUT2D eigenvalue weighted by molar-refractivity contribution is -0.114. The molecule has 0 aliphatic rings. The number of hydrogen-bond acceptors (Lipinski definition) is 3. The van der Waals surface area contributed by atoms with Crippen molar-refractivity contribution < 1.29 is 15.0 Å². The molecule has 0 saturated carbocycles. The van der Waals surface area contributed by atoms with Crippen molar-refractivity contribution in [3.63, 3.8) is 0 Å². The summed E-state index contributed by atoms with van der Waals surface area (Å²) in [5.74, 6) is -1.10. The van der Waals surface area contributed by atoms with Crippen molar-refractivity contribution >= 4 is 11.7 Å². The van der Waals surface area contributed by atoms with Gasteiger partial charge in [0.15, 0.2) is 0 Å². The maximum atomic E-state index is 10.8. The molecule has 0 unspecified atom stereocenters. The molecule has 0 aliphatic carbocycles. The van der Waals surface area contributed by atoms with E-state index in [2.05, 4.69) is 0 Å². The van der Waals surface area contributed by atoms with Crippen molar-refractivity contribution in [2.75, 3.05) is 6.61 Å². The molecule has 0 heterocycles. The summed E-state index contributed by atoms with van der Waals surface area (Å²) in [6.45, 7) is -0.573. The van der Waals surface area contributed by atoms with Crippen molar-refractivity contribution in [1.29, 1.82) is 0 Å². The van der Waals surface area contributed by atoms with Gasteiger partial charge in [0.1, 0.15) is 5.76 Å². The average molecular weight is 193 g/mol. The van der Waals surface area contributed by atoms with Crippen LogP contribution in [0.15, 0.2) is 35.9 Å². The summed E-state index contributed by atoms with van der Waals surface area (Å²) in [7, 11) is 0. The van der Waals surface area contributed by atoms with Gasteiger partial charge in [0.25, 0.3) is 5.91 Å². The van der Waals surface area contributed by atoms with E-state index in [0.29, 0.717) is 5.56 Å². The minimum absolute atomic E-state index is 0.184. The summed E-state index contributed by atoms with van der Waals surface area (Å²) in [6, 6.07) is 8.44. The Morgan fingerprint density at radius 1 is 1.29 bits per heavy atom. The molecule has 1 amide bonds. The lowest BCUT2D eigenvalue weighted by Crippen LogP contribution is -2.18. The third-order valence-electron chi connectivity index (χ3n) is 1.79. The van der Waals surface area contributed by atoms with Gasteiger partial charge in [0, 0.05) is 5.56 Å². The Kier molecular flexibility index (Phi) is 3.25. The lowest BCUT2D eigenvalue weighted by atomic mass is 10.1. The summed E-state index contributed by atoms with van der Waals surface area (Å²) >= 11 is 0. The van der Waals surface area contributed by atoms with Crippen LogP contribution in [0.5, 0.6) is 0 Å². The minimum atomic E-state index is -0.825. The van der Waals surface area contributed by atoms with Gasteiger partial charge in [-0.25, -0.2) is 0 Å². The zero-order valence-electron chi connectivity index (χ0n) is 7.47. The fourth-order valence-electron chi connectivity index (χ4n) is 1.04. The summed E-state index contributed by atoms with van der Waals surface area (Å²) < 4.78 is 0. The normalized spacial score (nSPS) is 12.1. The molecule has 1 aromatic carbocycles. The largest absolute Gasteiger partial charge is 0.507 e. The van der Waals surface area contributed by atoms with Crippen molar-refractivity contribution in [3.05, 3.63) is 41.5 Å². The van der Waals surface area contributed by atoms with Crippen LogP contribution in [-0.4, -0.2) is 22.7 Å². The van der Waals surface area contributed by atoms with Crippen LogP contribution >= 0.6 is 0 Å². The molecule has 0 radical (unpaired) electrons. The van der Waals surface area contributed by atoms with Crippen LogP contribution in [0.2, 0.25) is 0 Å². The predicted octanol–water partition coefficient (Wildman–Crippen LogP) is 0.433. The van der Waals surface area contributed by atoms with Gasteiger partial charge >= 0.3 is 0 Å². The molecule has 1 aromatic rings. The van der Waals surface area contributed by atoms with Crippen molar-refractivity contribution in [2.24, 2.45) is 5.73 Å². The molecule has 0 spiro atoms. The molecule has 0 bridgehead atoms. The summed E-state index contributed by atoms with van der Waals surface area (Å²) in [5, 5.41) is 18.4. The second kappa shape index (κ2) is 4.43. The number of rotatable bonds is 3. The van der Waals surface area contributed by atoms with E-state index in [0.717, 1.165) is 0 Å². The number of hydrogen-bond donors (Lipinski definition) is 3. The summed E-state index contributed by atoms with van der Waals surface area (Å²) in [4.78, 5) is 10.8. The van der Waals surface area contributed by atoms with Gasteiger partial charge in [-0.15, -0.1) is 0 Å². The molecular formula is C10H11NO3. The Labute approximate surface area is 81.3 Å². The number of nitrogens with two attached hydrogens (primary N) is 1. The van der Waals surface area contributed by atoms with Gasteiger partial charge in [0.2, 0.25) is 0 Å². The number of carbonyl (C=O) groups is 1. The molecule has 0 aliphatic heterocycles. The number of carbonyl (C=O) groups excluding carboxylic acids is 1. The molecule has 0 fully saturated rings. The van der Waals surface area contributed by atoms with Crippen LogP contribution in [0.4, 0.5) is 0 Å². The van der Waals surface area contributed by atoms with Gasteiger partial charge in [-0.2, -0.15) is 0 Å². The van der Waals surface area contributed by atoms with E-state index in [4.69, 9.17) is 10.8 Å². The summed E-state index contributed by atoms with van der Waals surface area (Å²) in [5.41, 5.74) is 5.24. The van der Waals surface area contributed by atoms with Gasteiger partial charge in [-0.05, 0) is 0 Å². The number of amides is 1. The molecule has 4 nitrogen and oxygen atoms in total. The van der Waals surface area contributed by atoms with E-state index in [1.54, 1.807) is 30.3 Å². The van der Waals surface area contributed by atoms with Crippen LogP contribution in [-0.2, 0) is 4.79 Å². The van der Waals surface area contributed by atoms with Crippen molar-refractivity contribution in [1.82, 2.24) is 0 Å². The fraction of sp³-hybridized carbons (Fsp3) is 0.100. The zero-order chi connectivity index (χ0) is 10.6. The first-order valence-corrected chi connectivity index (χ1v) is 4.05. The number of aliphatic hydroxyl groups is 2. The highest BCUT2D eigenvalue weighted by atomic mass is 16.3. The summed E-state index contributed by atoms with van der Waals surface area (Å²) in [6.07, 6.45) is 0. The SMILES string of the molecule is NC(=O)C(CO)=C(O)c1ccccc1. The fourth-order valence-corrected chi connectivity index (χ4v) is 1.04. The maximum absolute atomic E-state index is 10.8. The van der Waals surface area contributed by atoms with Crippen molar-refractivity contribution in [3.8, 4) is 0 Å². The average Bonchev–Trinajstić information content (AvgIpc) is 2.19. The minimum Gasteiger partial charge on any atom is -0.507 e. The van der Waals surface area contributed by atoms with Gasteiger partial charge in [-0.3, -0.25) is 4.79 Å². The molecule has 0 atom stereocenters. The Morgan fingerprint density at radius 3 is 2.29 bits per heavy atom. The third kappa shape index (κ3) is 2.11. The van der Waals surface area contributed by atoms with Crippen LogP contribution < -0.4 is 5.73 Å². The standard InChI is InChI=1S/C10H11NO3/c11-10(14)8(6-12)9(13)7-4-2-1-3-5-7/h1-5,12-13H,6H2,(H2,11,14). The topological polar surface area (TPSA) is 83.6 Å². The third-order valence-corrected chi connectivity index (χ3v) is 1.79.